The summed E-state index contributed by atoms with van der Waals surface area (Å²) in [6.07, 6.45) is 2.35. The van der Waals surface area contributed by atoms with Gasteiger partial charge in [0.15, 0.2) is 5.58 Å². The van der Waals surface area contributed by atoms with Gasteiger partial charge in [0.1, 0.15) is 5.52 Å². The fraction of sp³-hybridized carbons (Fsp3) is 0.533. The van der Waals surface area contributed by atoms with Crippen LogP contribution in [0.2, 0.25) is 0 Å². The van der Waals surface area contributed by atoms with Crippen LogP contribution in [0.4, 0.5) is 5.69 Å². The largest absolute Gasteiger partial charge is 0.439 e. The van der Waals surface area contributed by atoms with E-state index in [9.17, 15) is 0 Å². The molecule has 5 heteroatoms. The zero-order valence-corrected chi connectivity index (χ0v) is 11.8. The molecule has 0 aliphatic carbocycles. The first-order valence-electron chi connectivity index (χ1n) is 7.11. The third-order valence-electron chi connectivity index (χ3n) is 3.96. The molecule has 0 radical (unpaired) electrons. The van der Waals surface area contributed by atoms with E-state index in [0.29, 0.717) is 11.6 Å². The first-order valence-corrected chi connectivity index (χ1v) is 7.11. The summed E-state index contributed by atoms with van der Waals surface area (Å²) in [5.74, 6) is 1.44. The Bertz CT molecular complexity index is 574. The zero-order valence-electron chi connectivity index (χ0n) is 11.8. The van der Waals surface area contributed by atoms with Gasteiger partial charge in [-0.25, -0.2) is 4.98 Å². The van der Waals surface area contributed by atoms with E-state index in [-0.39, 0.29) is 0 Å². The highest BCUT2D eigenvalue weighted by Gasteiger charge is 2.20. The lowest BCUT2D eigenvalue weighted by Crippen LogP contribution is -2.34. The average molecular weight is 275 g/mol. The van der Waals surface area contributed by atoms with E-state index in [1.165, 1.54) is 12.8 Å². The standard InChI is InChI=1S/C15H21N3O2/c1-19-10-11-5-7-18(8-6-11)9-14-17-15-12(16)3-2-4-13(15)20-14/h2-4,11H,5-10,16H2,1H3. The number of rotatable bonds is 4. The van der Waals surface area contributed by atoms with Crippen LogP contribution in [0.3, 0.4) is 0 Å². The maximum Gasteiger partial charge on any atom is 0.209 e. The van der Waals surface area contributed by atoms with Gasteiger partial charge in [-0.05, 0) is 44.0 Å². The van der Waals surface area contributed by atoms with Crippen molar-refractivity contribution in [1.82, 2.24) is 9.88 Å². The number of methoxy groups -OCH3 is 1. The van der Waals surface area contributed by atoms with E-state index in [4.69, 9.17) is 14.9 Å². The number of likely N-dealkylation sites (tertiary alicyclic amines) is 1. The highest BCUT2D eigenvalue weighted by molar-refractivity contribution is 5.85. The Morgan fingerprint density at radius 3 is 2.90 bits per heavy atom. The van der Waals surface area contributed by atoms with Crippen LogP contribution in [0.1, 0.15) is 18.7 Å². The van der Waals surface area contributed by atoms with Crippen LogP contribution in [0.5, 0.6) is 0 Å². The van der Waals surface area contributed by atoms with Crippen molar-refractivity contribution in [1.29, 1.82) is 0 Å². The predicted octanol–water partition coefficient (Wildman–Crippen LogP) is 2.27. The van der Waals surface area contributed by atoms with Crippen molar-refractivity contribution >= 4 is 16.8 Å². The van der Waals surface area contributed by atoms with Crippen LogP contribution in [-0.4, -0.2) is 36.7 Å². The summed E-state index contributed by atoms with van der Waals surface area (Å²) in [7, 11) is 1.77. The second-order valence-electron chi connectivity index (χ2n) is 5.48. The van der Waals surface area contributed by atoms with Gasteiger partial charge in [-0.1, -0.05) is 6.07 Å². The minimum atomic E-state index is 0.677. The van der Waals surface area contributed by atoms with Gasteiger partial charge in [-0.3, -0.25) is 4.90 Å². The summed E-state index contributed by atoms with van der Waals surface area (Å²) in [6, 6.07) is 5.65. The van der Waals surface area contributed by atoms with Crippen LogP contribution in [0, 0.1) is 5.92 Å². The van der Waals surface area contributed by atoms with E-state index in [1.54, 1.807) is 7.11 Å². The predicted molar refractivity (Wildman–Crippen MR) is 78.3 cm³/mol. The molecule has 1 aliphatic heterocycles. The molecular weight excluding hydrogens is 254 g/mol. The lowest BCUT2D eigenvalue weighted by Gasteiger charge is -2.30. The lowest BCUT2D eigenvalue weighted by molar-refractivity contribution is 0.0934. The number of para-hydroxylation sites is 1. The zero-order chi connectivity index (χ0) is 13.9. The Labute approximate surface area is 118 Å². The number of piperidine rings is 1. The molecule has 108 valence electrons. The molecule has 1 fully saturated rings. The molecule has 20 heavy (non-hydrogen) atoms. The number of hydrogen-bond donors (Lipinski definition) is 1. The Kier molecular flexibility index (Phi) is 3.89. The van der Waals surface area contributed by atoms with Crippen molar-refractivity contribution in [2.45, 2.75) is 19.4 Å². The number of fused-ring (bicyclic) bond motifs is 1. The molecule has 1 aromatic carbocycles. The molecular formula is C15H21N3O2. The Morgan fingerprint density at radius 2 is 2.20 bits per heavy atom. The van der Waals surface area contributed by atoms with Gasteiger partial charge >= 0.3 is 0 Å². The average Bonchev–Trinajstić information content (AvgIpc) is 2.85. The summed E-state index contributed by atoms with van der Waals surface area (Å²) in [5.41, 5.74) is 8.13. The monoisotopic (exact) mass is 275 g/mol. The number of hydrogen-bond acceptors (Lipinski definition) is 5. The van der Waals surface area contributed by atoms with Crippen molar-refractivity contribution in [3.63, 3.8) is 0 Å². The maximum atomic E-state index is 5.90. The van der Waals surface area contributed by atoms with Crippen LogP contribution in [0.25, 0.3) is 11.1 Å². The van der Waals surface area contributed by atoms with E-state index >= 15 is 0 Å². The Balaban J connectivity index is 1.64. The number of nitrogens with two attached hydrogens (primary N) is 1. The molecule has 1 aromatic heterocycles. The van der Waals surface area contributed by atoms with Crippen LogP contribution in [0.15, 0.2) is 22.6 Å². The highest BCUT2D eigenvalue weighted by Crippen LogP contribution is 2.23. The van der Waals surface area contributed by atoms with Gasteiger partial charge in [-0.15, -0.1) is 0 Å². The van der Waals surface area contributed by atoms with E-state index in [0.717, 1.165) is 43.2 Å². The number of anilines is 1. The van der Waals surface area contributed by atoms with Crippen molar-refractivity contribution in [3.05, 3.63) is 24.1 Å². The van der Waals surface area contributed by atoms with Gasteiger partial charge in [-0.2, -0.15) is 0 Å². The third kappa shape index (κ3) is 2.78. The van der Waals surface area contributed by atoms with Crippen molar-refractivity contribution < 1.29 is 9.15 Å². The number of oxazole rings is 1. The molecule has 0 spiro atoms. The van der Waals surface area contributed by atoms with E-state index in [1.807, 2.05) is 18.2 Å². The molecule has 0 atom stereocenters. The van der Waals surface area contributed by atoms with Crippen LogP contribution < -0.4 is 5.73 Å². The first kappa shape index (κ1) is 13.4. The molecule has 0 saturated carbocycles. The van der Waals surface area contributed by atoms with Crippen LogP contribution >= 0.6 is 0 Å². The van der Waals surface area contributed by atoms with Crippen molar-refractivity contribution in [2.24, 2.45) is 5.92 Å². The summed E-state index contributed by atoms with van der Waals surface area (Å²) < 4.78 is 11.0. The van der Waals surface area contributed by atoms with Gasteiger partial charge in [0.05, 0.1) is 12.2 Å². The molecule has 2 aromatic rings. The molecule has 0 unspecified atom stereocenters. The molecule has 5 nitrogen and oxygen atoms in total. The fourth-order valence-electron chi connectivity index (χ4n) is 2.82. The van der Waals surface area contributed by atoms with Crippen molar-refractivity contribution in [2.75, 3.05) is 32.5 Å². The van der Waals surface area contributed by atoms with Crippen molar-refractivity contribution in [3.8, 4) is 0 Å². The second kappa shape index (κ2) is 5.81. The third-order valence-corrected chi connectivity index (χ3v) is 3.96. The summed E-state index contributed by atoms with van der Waals surface area (Å²) in [5, 5.41) is 0. The smallest absolute Gasteiger partial charge is 0.209 e. The minimum Gasteiger partial charge on any atom is -0.439 e. The number of nitrogen functional groups attached to an aromatic ring is 1. The van der Waals surface area contributed by atoms with Crippen LogP contribution in [-0.2, 0) is 11.3 Å². The number of aromatic nitrogens is 1. The first-order chi connectivity index (χ1) is 9.76. The number of ether oxygens (including phenoxy) is 1. The maximum absolute atomic E-state index is 5.90. The molecule has 2 heterocycles. The lowest BCUT2D eigenvalue weighted by atomic mass is 9.98. The molecule has 2 N–H and O–H groups in total. The van der Waals surface area contributed by atoms with Gasteiger partial charge in [0, 0.05) is 13.7 Å². The molecule has 0 bridgehead atoms. The SMILES string of the molecule is COCC1CCN(Cc2nc3c(N)cccc3o2)CC1. The number of benzene rings is 1. The van der Waals surface area contributed by atoms with Gasteiger partial charge in [0.2, 0.25) is 5.89 Å². The Morgan fingerprint density at radius 1 is 1.40 bits per heavy atom. The number of nitrogens with zero attached hydrogens (tertiary/aromatic N) is 2. The highest BCUT2D eigenvalue weighted by atomic mass is 16.5. The normalized spacial score (nSPS) is 17.9. The topological polar surface area (TPSA) is 64.5 Å². The fourth-order valence-corrected chi connectivity index (χ4v) is 2.82. The molecule has 0 amide bonds. The molecule has 3 rings (SSSR count). The van der Waals surface area contributed by atoms with Gasteiger partial charge in [0.25, 0.3) is 0 Å². The van der Waals surface area contributed by atoms with Gasteiger partial charge < -0.3 is 14.9 Å². The quantitative estimate of drug-likeness (QED) is 0.867. The second-order valence-corrected chi connectivity index (χ2v) is 5.48. The van der Waals surface area contributed by atoms with E-state index < -0.39 is 0 Å². The minimum absolute atomic E-state index is 0.677. The molecule has 1 saturated heterocycles. The summed E-state index contributed by atoms with van der Waals surface area (Å²) in [6.45, 7) is 3.77. The molecule has 1 aliphatic rings. The summed E-state index contributed by atoms with van der Waals surface area (Å²) >= 11 is 0. The summed E-state index contributed by atoms with van der Waals surface area (Å²) in [4.78, 5) is 6.89. The van der Waals surface area contributed by atoms with E-state index in [2.05, 4.69) is 9.88 Å². The Hall–Kier alpha value is -1.59.